The molecule has 0 aliphatic heterocycles. The van der Waals surface area contributed by atoms with Crippen LogP contribution in [-0.2, 0) is 21.7 Å². The van der Waals surface area contributed by atoms with Gasteiger partial charge in [0, 0.05) is 11.1 Å². The van der Waals surface area contributed by atoms with Crippen LogP contribution in [0.5, 0.6) is 0 Å². The highest BCUT2D eigenvalue weighted by atomic mass is 28.3. The molecule has 68 heavy (non-hydrogen) atoms. The van der Waals surface area contributed by atoms with Gasteiger partial charge < -0.3 is 0 Å². The summed E-state index contributed by atoms with van der Waals surface area (Å²) in [5.41, 5.74) is 19.4. The summed E-state index contributed by atoms with van der Waals surface area (Å²) in [4.78, 5) is 0. The molecule has 0 N–H and O–H groups in total. The van der Waals surface area contributed by atoms with E-state index in [1.54, 1.807) is 0 Å². The lowest BCUT2D eigenvalue weighted by molar-refractivity contribution is 0.589. The third-order valence-corrected chi connectivity index (χ3v) is 29.5. The molecule has 0 aliphatic rings. The maximum atomic E-state index is 4.28. The molecule has 0 amide bonds. The number of hydrogen-bond acceptors (Lipinski definition) is 0. The van der Waals surface area contributed by atoms with Crippen molar-refractivity contribution in [2.24, 2.45) is 0 Å². The van der Waals surface area contributed by atoms with Crippen LogP contribution in [0, 0.1) is 22.9 Å². The van der Waals surface area contributed by atoms with Gasteiger partial charge in [-0.2, -0.15) is 0 Å². The fourth-order valence-electron chi connectivity index (χ4n) is 12.8. The Bertz CT molecular complexity index is 2950. The van der Waals surface area contributed by atoms with Crippen molar-refractivity contribution in [2.75, 3.05) is 0 Å². The van der Waals surface area contributed by atoms with Crippen molar-refractivity contribution in [2.45, 2.75) is 221 Å². The quantitative estimate of drug-likeness (QED) is 0.0675. The normalized spacial score (nSPS) is 13.9. The first-order valence-corrected chi connectivity index (χ1v) is 30.9. The van der Waals surface area contributed by atoms with Gasteiger partial charge in [-0.1, -0.05) is 202 Å². The summed E-state index contributed by atoms with van der Waals surface area (Å²) < 4.78 is 0. The van der Waals surface area contributed by atoms with Gasteiger partial charge in [-0.05, 0) is 178 Å². The summed E-state index contributed by atoms with van der Waals surface area (Å²) in [6.45, 7) is 57.8. The van der Waals surface area contributed by atoms with Crippen molar-refractivity contribution in [1.82, 2.24) is 0 Å². The second-order valence-electron chi connectivity index (χ2n) is 27.3. The van der Waals surface area contributed by atoms with E-state index in [2.05, 4.69) is 250 Å². The molecule has 7 rings (SSSR count). The maximum absolute atomic E-state index is 4.28. The number of hydrogen-bond donors (Lipinski definition) is 0. The Morgan fingerprint density at radius 1 is 0.294 bits per heavy atom. The molecule has 0 atom stereocenters. The Hall–Kier alpha value is -4.09. The number of fused-ring (bicyclic) bond motifs is 4. The van der Waals surface area contributed by atoms with Gasteiger partial charge in [0.05, 0.1) is 0 Å². The third kappa shape index (κ3) is 8.55. The van der Waals surface area contributed by atoms with Gasteiger partial charge in [0.2, 0.25) is 0 Å². The van der Waals surface area contributed by atoms with Gasteiger partial charge >= 0.3 is 0 Å². The van der Waals surface area contributed by atoms with Crippen LogP contribution < -0.4 is 0 Å². The molecule has 0 heterocycles. The molecule has 7 aromatic rings. The molecule has 0 bridgehead atoms. The van der Waals surface area contributed by atoms with Crippen molar-refractivity contribution in [3.63, 3.8) is 0 Å². The van der Waals surface area contributed by atoms with Crippen LogP contribution in [0.2, 0.25) is 33.2 Å². The average Bonchev–Trinajstić information content (AvgIpc) is 3.19. The fraction of sp³-hybridized carbons (Fsp3) is 0.515. The van der Waals surface area contributed by atoms with Gasteiger partial charge in [0.15, 0.2) is 0 Å². The lowest BCUT2D eigenvalue weighted by atomic mass is 9.77. The van der Waals surface area contributed by atoms with Gasteiger partial charge in [-0.15, -0.1) is 11.1 Å². The minimum Gasteiger partial charge on any atom is -0.125 e. The van der Waals surface area contributed by atoms with Gasteiger partial charge in [0.1, 0.15) is 16.1 Å². The molecule has 0 spiro atoms. The minimum absolute atomic E-state index is 0.0405. The molecule has 2 heteroatoms. The zero-order valence-electron chi connectivity index (χ0n) is 47.2. The van der Waals surface area contributed by atoms with Crippen LogP contribution in [0.25, 0.3) is 64.6 Å². The molecule has 0 nitrogen and oxygen atoms in total. The van der Waals surface area contributed by atoms with Crippen LogP contribution in [-0.4, -0.2) is 16.1 Å². The lowest BCUT2D eigenvalue weighted by Gasteiger charge is -2.38. The molecule has 0 saturated heterocycles. The molecule has 0 fully saturated rings. The Morgan fingerprint density at radius 2 is 0.529 bits per heavy atom. The second-order valence-corrected chi connectivity index (χ2v) is 38.4. The number of benzene rings is 7. The van der Waals surface area contributed by atoms with Crippen LogP contribution in [0.3, 0.4) is 0 Å². The van der Waals surface area contributed by atoms with E-state index < -0.39 is 16.1 Å². The molecule has 7 aromatic carbocycles. The summed E-state index contributed by atoms with van der Waals surface area (Å²) in [6.07, 6.45) is 0. The highest BCUT2D eigenvalue weighted by Gasteiger charge is 2.43. The van der Waals surface area contributed by atoms with Crippen LogP contribution in [0.4, 0.5) is 0 Å². The van der Waals surface area contributed by atoms with E-state index in [4.69, 9.17) is 0 Å². The molecule has 0 aliphatic carbocycles. The standard InChI is InChI=1S/C66H88Si2/c1-39(2)67(40(3)4,41(5)6)27-25-51-53-37-56-54(38-55(53)59-35-49(65(19,20)21)31-45-29-47(63(13,14)15)33-57(51)61(45)59)52(26-28-68(42(7)8,43(9)10)44(11)12)58-34-48(64(16,17)18)30-46-32-50(66(22,23)24)36-60(56)62(46)58/h29-44H,1-24H3. The van der Waals surface area contributed by atoms with E-state index in [9.17, 15) is 0 Å². The van der Waals surface area contributed by atoms with Crippen LogP contribution in [0.15, 0.2) is 60.7 Å². The zero-order chi connectivity index (χ0) is 50.8. The molecule has 0 aromatic heterocycles. The zero-order valence-corrected chi connectivity index (χ0v) is 49.2. The first kappa shape index (κ1) is 51.8. The molecule has 0 unspecified atom stereocenters. The van der Waals surface area contributed by atoms with E-state index in [-0.39, 0.29) is 21.7 Å². The van der Waals surface area contributed by atoms with E-state index in [1.165, 1.54) is 98.0 Å². The largest absolute Gasteiger partial charge is 0.146 e. The molecular formula is C66H88Si2. The predicted molar refractivity (Wildman–Crippen MR) is 313 cm³/mol. The van der Waals surface area contributed by atoms with E-state index >= 15 is 0 Å². The third-order valence-electron chi connectivity index (χ3n) is 16.9. The lowest BCUT2D eigenvalue weighted by Crippen LogP contribution is -2.43. The monoisotopic (exact) mass is 937 g/mol. The fourth-order valence-corrected chi connectivity index (χ4v) is 23.2. The molecule has 0 saturated carbocycles. The summed E-state index contributed by atoms with van der Waals surface area (Å²) in [5, 5.41) is 15.7. The smallest absolute Gasteiger partial charge is 0.125 e. The summed E-state index contributed by atoms with van der Waals surface area (Å²) >= 11 is 0. The van der Waals surface area contributed by atoms with Crippen LogP contribution >= 0.6 is 0 Å². The average molecular weight is 938 g/mol. The highest BCUT2D eigenvalue weighted by Crippen LogP contribution is 2.49. The molecule has 0 radical (unpaired) electrons. The summed E-state index contributed by atoms with van der Waals surface area (Å²) in [5.74, 6) is 8.38. The van der Waals surface area contributed by atoms with Crippen molar-refractivity contribution in [3.8, 4) is 22.9 Å². The Morgan fingerprint density at radius 3 is 0.750 bits per heavy atom. The van der Waals surface area contributed by atoms with Gasteiger partial charge in [-0.25, -0.2) is 0 Å². The predicted octanol–water partition coefficient (Wildman–Crippen LogP) is 20.4. The first-order chi connectivity index (χ1) is 31.2. The van der Waals surface area contributed by atoms with Crippen molar-refractivity contribution >= 4 is 80.8 Å². The van der Waals surface area contributed by atoms with Gasteiger partial charge in [0.25, 0.3) is 0 Å². The summed E-state index contributed by atoms with van der Waals surface area (Å²) in [6, 6.07) is 25.3. The van der Waals surface area contributed by atoms with Crippen molar-refractivity contribution in [1.29, 1.82) is 0 Å². The van der Waals surface area contributed by atoms with Crippen molar-refractivity contribution in [3.05, 3.63) is 94.0 Å². The Labute approximate surface area is 416 Å². The minimum atomic E-state index is -2.12. The Kier molecular flexibility index (Phi) is 13.2. The van der Waals surface area contributed by atoms with E-state index in [0.29, 0.717) is 33.2 Å². The van der Waals surface area contributed by atoms with E-state index in [1.807, 2.05) is 0 Å². The topological polar surface area (TPSA) is 0 Å². The molecular weight excluding hydrogens is 849 g/mol. The first-order valence-electron chi connectivity index (χ1n) is 26.4. The molecule has 360 valence electrons. The van der Waals surface area contributed by atoms with Crippen molar-refractivity contribution < 1.29 is 0 Å². The summed E-state index contributed by atoms with van der Waals surface area (Å²) in [7, 11) is -4.25. The SMILES string of the molecule is CC(C)[Si](C#Cc1c2cc3c(cc2c2cc(C(C)(C)C)cc4cc(C(C)(C)C)cc1c42)c(C#C[Si](C(C)C)(C(C)C)C(C)C)c1cc(C(C)(C)C)cc2cc(C(C)(C)C)cc3c21)(C(C)C)C(C)C. The number of rotatable bonds is 6. The Balaban J connectivity index is 1.88. The van der Waals surface area contributed by atoms with Gasteiger partial charge in [-0.3, -0.25) is 0 Å². The second kappa shape index (κ2) is 17.3. The van der Waals surface area contributed by atoms with E-state index in [0.717, 1.165) is 0 Å². The van der Waals surface area contributed by atoms with Crippen LogP contribution in [0.1, 0.15) is 200 Å². The maximum Gasteiger partial charge on any atom is 0.146 e. The highest BCUT2D eigenvalue weighted by molar-refractivity contribution is 6.91.